The third-order valence-corrected chi connectivity index (χ3v) is 6.53. The van der Waals surface area contributed by atoms with Gasteiger partial charge in [-0.15, -0.1) is 0 Å². The molecule has 1 aromatic carbocycles. The molecular weight excluding hydrogens is 397 g/mol. The lowest BCUT2D eigenvalue weighted by atomic mass is 9.97. The molecule has 1 aliphatic heterocycles. The van der Waals surface area contributed by atoms with Gasteiger partial charge in [-0.2, -0.15) is 4.98 Å². The van der Waals surface area contributed by atoms with Crippen LogP contribution in [0.2, 0.25) is 0 Å². The third kappa shape index (κ3) is 3.49. The molecule has 4 atom stereocenters. The predicted octanol–water partition coefficient (Wildman–Crippen LogP) is 3.38. The minimum Gasteiger partial charge on any atom is -0.337 e. The summed E-state index contributed by atoms with van der Waals surface area (Å²) in [6, 6.07) is 0.440. The van der Waals surface area contributed by atoms with Crippen molar-refractivity contribution in [3.8, 4) is 0 Å². The van der Waals surface area contributed by atoms with E-state index < -0.39 is 23.5 Å². The summed E-state index contributed by atoms with van der Waals surface area (Å²) in [4.78, 5) is 19.5. The summed E-state index contributed by atoms with van der Waals surface area (Å²) in [5, 5.41) is 4.09. The summed E-state index contributed by atoms with van der Waals surface area (Å²) in [7, 11) is 0. The van der Waals surface area contributed by atoms with Gasteiger partial charge in [-0.05, 0) is 56.1 Å². The van der Waals surface area contributed by atoms with Crippen molar-refractivity contribution in [2.75, 3.05) is 0 Å². The van der Waals surface area contributed by atoms with E-state index in [-0.39, 0.29) is 42.3 Å². The first-order valence-corrected chi connectivity index (χ1v) is 10.4. The monoisotopic (exact) mass is 420 g/mol. The van der Waals surface area contributed by atoms with E-state index >= 15 is 0 Å². The first kappa shape index (κ1) is 19.5. The lowest BCUT2D eigenvalue weighted by molar-refractivity contribution is -0.136. The van der Waals surface area contributed by atoms with E-state index in [9.17, 15) is 18.0 Å². The van der Waals surface area contributed by atoms with Gasteiger partial charge in [0.15, 0.2) is 17.5 Å². The maximum Gasteiger partial charge on any atom is 0.249 e. The van der Waals surface area contributed by atoms with Crippen LogP contribution in [0.15, 0.2) is 16.7 Å². The number of halogens is 3. The maximum atomic E-state index is 13.9. The number of piperidine rings is 1. The van der Waals surface area contributed by atoms with E-state index in [0.717, 1.165) is 38.2 Å². The Kier molecular flexibility index (Phi) is 4.80. The second-order valence-electron chi connectivity index (χ2n) is 8.76. The summed E-state index contributed by atoms with van der Waals surface area (Å²) < 4.78 is 46.0. The average Bonchev–Trinajstić information content (AvgIpc) is 3.12. The number of nitrogens with two attached hydrogens (primary N) is 1. The van der Waals surface area contributed by atoms with Crippen molar-refractivity contribution < 1.29 is 22.5 Å². The molecule has 160 valence electrons. The Hall–Kier alpha value is -2.42. The molecule has 2 aromatic rings. The predicted molar refractivity (Wildman–Crippen MR) is 99.6 cm³/mol. The molecule has 2 bridgehead atoms. The van der Waals surface area contributed by atoms with Gasteiger partial charge in [-0.25, -0.2) is 13.2 Å². The van der Waals surface area contributed by atoms with Crippen LogP contribution in [0.1, 0.15) is 67.8 Å². The zero-order valence-electron chi connectivity index (χ0n) is 16.4. The molecule has 3 aliphatic rings. The average molecular weight is 420 g/mol. The fourth-order valence-electron chi connectivity index (χ4n) is 4.94. The fourth-order valence-corrected chi connectivity index (χ4v) is 4.94. The molecule has 1 aromatic heterocycles. The zero-order chi connectivity index (χ0) is 21.0. The van der Waals surface area contributed by atoms with Crippen LogP contribution in [0.25, 0.3) is 0 Å². The Balaban J connectivity index is 1.30. The molecule has 6 nitrogen and oxygen atoms in total. The van der Waals surface area contributed by atoms with Gasteiger partial charge < -0.3 is 15.2 Å². The summed E-state index contributed by atoms with van der Waals surface area (Å²) in [6.07, 6.45) is 4.86. The van der Waals surface area contributed by atoms with Crippen LogP contribution < -0.4 is 5.73 Å². The SMILES string of the molecule is N[C@@H](CC(=O)N1[C@H]2CC[C@@H](C2)[C@H]1c1nc(C2CC2)no1)Cc1cc(F)c(F)cc1F. The number of rotatable bonds is 6. The molecule has 5 rings (SSSR count). The van der Waals surface area contributed by atoms with Gasteiger partial charge in [0.25, 0.3) is 0 Å². The van der Waals surface area contributed by atoms with Crippen LogP contribution in [-0.4, -0.2) is 33.0 Å². The molecule has 0 unspecified atom stereocenters. The number of likely N-dealkylation sites (tertiary alicyclic amines) is 1. The molecule has 1 amide bonds. The molecule has 30 heavy (non-hydrogen) atoms. The van der Waals surface area contributed by atoms with Crippen molar-refractivity contribution >= 4 is 5.91 Å². The summed E-state index contributed by atoms with van der Waals surface area (Å²) in [6.45, 7) is 0. The standard InChI is InChI=1S/C21H23F3N4O2/c22-15-9-17(24)16(23)7-12(15)5-13(25)8-18(29)28-14-4-3-11(6-14)19(28)21-26-20(27-30-21)10-1-2-10/h7,9-11,13-14,19H,1-6,8,25H2/t11-,13+,14-,19-/m0/s1. The van der Waals surface area contributed by atoms with Gasteiger partial charge in [0.05, 0.1) is 0 Å². The number of carbonyl (C=O) groups excluding carboxylic acids is 1. The highest BCUT2D eigenvalue weighted by Gasteiger charge is 2.51. The number of amides is 1. The summed E-state index contributed by atoms with van der Waals surface area (Å²) >= 11 is 0. The minimum absolute atomic E-state index is 0.0260. The van der Waals surface area contributed by atoms with Crippen LogP contribution in [0.3, 0.4) is 0 Å². The zero-order valence-corrected chi connectivity index (χ0v) is 16.4. The lowest BCUT2D eigenvalue weighted by Crippen LogP contribution is -2.43. The van der Waals surface area contributed by atoms with Crippen LogP contribution in [-0.2, 0) is 11.2 Å². The quantitative estimate of drug-likeness (QED) is 0.725. The van der Waals surface area contributed by atoms with Gasteiger partial charge in [-0.3, -0.25) is 4.79 Å². The van der Waals surface area contributed by atoms with Gasteiger partial charge in [0.2, 0.25) is 11.8 Å². The lowest BCUT2D eigenvalue weighted by Gasteiger charge is -2.34. The van der Waals surface area contributed by atoms with Crippen LogP contribution in [0, 0.1) is 23.4 Å². The van der Waals surface area contributed by atoms with E-state index in [1.54, 1.807) is 4.90 Å². The number of carbonyl (C=O) groups is 1. The van der Waals surface area contributed by atoms with E-state index in [2.05, 4.69) is 10.1 Å². The molecule has 1 saturated heterocycles. The highest BCUT2D eigenvalue weighted by molar-refractivity contribution is 5.78. The van der Waals surface area contributed by atoms with E-state index in [4.69, 9.17) is 10.3 Å². The molecule has 9 heteroatoms. The fraction of sp³-hybridized carbons (Fsp3) is 0.571. The Morgan fingerprint density at radius 2 is 1.93 bits per heavy atom. The van der Waals surface area contributed by atoms with Gasteiger partial charge in [0, 0.05) is 30.5 Å². The van der Waals surface area contributed by atoms with Crippen molar-refractivity contribution in [1.29, 1.82) is 0 Å². The molecule has 0 radical (unpaired) electrons. The Labute approximate surface area is 171 Å². The second kappa shape index (κ2) is 7.37. The van der Waals surface area contributed by atoms with Crippen molar-refractivity contribution in [1.82, 2.24) is 15.0 Å². The Morgan fingerprint density at radius 3 is 2.70 bits per heavy atom. The highest BCUT2D eigenvalue weighted by Crippen LogP contribution is 2.50. The number of hydrogen-bond acceptors (Lipinski definition) is 5. The summed E-state index contributed by atoms with van der Waals surface area (Å²) in [5.74, 6) is -1.56. The maximum absolute atomic E-state index is 13.9. The minimum atomic E-state index is -1.25. The van der Waals surface area contributed by atoms with Gasteiger partial charge >= 0.3 is 0 Å². The van der Waals surface area contributed by atoms with Gasteiger partial charge in [-0.1, -0.05) is 5.16 Å². The largest absolute Gasteiger partial charge is 0.337 e. The molecule has 0 spiro atoms. The van der Waals surface area contributed by atoms with E-state index in [0.29, 0.717) is 23.7 Å². The highest BCUT2D eigenvalue weighted by atomic mass is 19.2. The van der Waals surface area contributed by atoms with Crippen molar-refractivity contribution in [3.05, 3.63) is 46.9 Å². The van der Waals surface area contributed by atoms with Crippen molar-refractivity contribution in [2.45, 2.75) is 69.0 Å². The molecule has 2 N–H and O–H groups in total. The number of benzene rings is 1. The molecule has 2 saturated carbocycles. The van der Waals surface area contributed by atoms with Crippen molar-refractivity contribution in [2.24, 2.45) is 11.7 Å². The number of nitrogens with zero attached hydrogens (tertiary/aromatic N) is 3. The number of aromatic nitrogens is 2. The Bertz CT molecular complexity index is 977. The smallest absolute Gasteiger partial charge is 0.249 e. The van der Waals surface area contributed by atoms with Crippen LogP contribution >= 0.6 is 0 Å². The van der Waals surface area contributed by atoms with E-state index in [1.807, 2.05) is 0 Å². The van der Waals surface area contributed by atoms with Crippen molar-refractivity contribution in [3.63, 3.8) is 0 Å². The first-order valence-electron chi connectivity index (χ1n) is 10.4. The molecule has 2 aliphatic carbocycles. The Morgan fingerprint density at radius 1 is 1.17 bits per heavy atom. The van der Waals surface area contributed by atoms with E-state index in [1.165, 1.54) is 0 Å². The van der Waals surface area contributed by atoms with Crippen LogP contribution in [0.4, 0.5) is 13.2 Å². The molecule has 2 heterocycles. The molecule has 3 fully saturated rings. The molecular formula is C21H23F3N4O2. The summed E-state index contributed by atoms with van der Waals surface area (Å²) in [5.41, 5.74) is 6.04. The normalized spacial score (nSPS) is 26.4. The third-order valence-electron chi connectivity index (χ3n) is 6.53. The topological polar surface area (TPSA) is 85.3 Å². The first-order chi connectivity index (χ1) is 14.4. The number of hydrogen-bond donors (Lipinski definition) is 1. The van der Waals surface area contributed by atoms with Crippen LogP contribution in [0.5, 0.6) is 0 Å². The van der Waals surface area contributed by atoms with Gasteiger partial charge in [0.1, 0.15) is 11.9 Å². The number of fused-ring (bicyclic) bond motifs is 2. The second-order valence-corrected chi connectivity index (χ2v) is 8.76.